The van der Waals surface area contributed by atoms with Crippen LogP contribution in [0.4, 0.5) is 11.4 Å². The van der Waals surface area contributed by atoms with Crippen molar-refractivity contribution in [1.82, 2.24) is 9.80 Å². The van der Waals surface area contributed by atoms with Gasteiger partial charge in [0.2, 0.25) is 0 Å². The number of fused-ring (bicyclic) bond motifs is 3. The Hall–Kier alpha value is -4.05. The number of nitrogens with zero attached hydrogens (tertiary/aromatic N) is 4. The Labute approximate surface area is 239 Å². The number of anilines is 1. The number of benzene rings is 2. The van der Waals surface area contributed by atoms with Crippen molar-refractivity contribution in [2.45, 2.75) is 32.2 Å². The van der Waals surface area contributed by atoms with Crippen LogP contribution in [0, 0.1) is 6.92 Å². The summed E-state index contributed by atoms with van der Waals surface area (Å²) in [4.78, 5) is 36.6. The van der Waals surface area contributed by atoms with Crippen molar-refractivity contribution < 1.29 is 23.4 Å². The molecule has 1 atom stereocenters. The molecule has 0 unspecified atom stereocenters. The Morgan fingerprint density at radius 3 is 2.56 bits per heavy atom. The molecule has 2 saturated heterocycles. The van der Waals surface area contributed by atoms with E-state index in [9.17, 15) is 9.59 Å². The molecule has 2 fully saturated rings. The van der Waals surface area contributed by atoms with Crippen LogP contribution in [0.1, 0.15) is 35.2 Å². The first kappa shape index (κ1) is 27.1. The third kappa shape index (κ3) is 5.24. The molecule has 3 aromatic rings. The number of hydrogen-bond donors (Lipinski definition) is 0. The fourth-order valence-electron chi connectivity index (χ4n) is 6.11. The fraction of sp³-hybridized carbons (Fsp3) is 0.452. The lowest BCUT2D eigenvalue weighted by atomic mass is 10.1. The molecule has 0 bridgehead atoms. The molecule has 4 heterocycles. The van der Waals surface area contributed by atoms with Crippen LogP contribution in [0.5, 0.6) is 17.2 Å². The maximum Gasteiger partial charge on any atom is 0.338 e. The number of carbonyl (C=O) groups is 1. The number of methoxy groups -OCH3 is 2. The fourth-order valence-corrected chi connectivity index (χ4v) is 6.11. The van der Waals surface area contributed by atoms with Gasteiger partial charge in [-0.15, -0.1) is 0 Å². The molecule has 10 nitrogen and oxygen atoms in total. The van der Waals surface area contributed by atoms with Crippen LogP contribution < -0.4 is 24.7 Å². The topological polar surface area (TPSA) is 97.1 Å². The number of piperazine rings is 1. The largest absolute Gasteiger partial charge is 0.496 e. The van der Waals surface area contributed by atoms with E-state index in [4.69, 9.17) is 18.6 Å². The number of aryl methyl sites for hydroxylation is 1. The van der Waals surface area contributed by atoms with Crippen molar-refractivity contribution in [3.05, 3.63) is 51.9 Å². The normalized spacial score (nSPS) is 18.8. The van der Waals surface area contributed by atoms with Gasteiger partial charge in [0.05, 0.1) is 43.8 Å². The van der Waals surface area contributed by atoms with Gasteiger partial charge in [0.25, 0.3) is 5.91 Å². The van der Waals surface area contributed by atoms with Crippen molar-refractivity contribution in [1.29, 1.82) is 0 Å². The van der Waals surface area contributed by atoms with E-state index in [0.29, 0.717) is 40.7 Å². The molecule has 1 amide bonds. The summed E-state index contributed by atoms with van der Waals surface area (Å²) >= 11 is 0. The lowest BCUT2D eigenvalue weighted by Gasteiger charge is -2.36. The molecule has 41 heavy (non-hydrogen) atoms. The number of amides is 1. The van der Waals surface area contributed by atoms with Gasteiger partial charge >= 0.3 is 5.63 Å². The smallest absolute Gasteiger partial charge is 0.338 e. The van der Waals surface area contributed by atoms with Gasteiger partial charge < -0.3 is 28.4 Å². The van der Waals surface area contributed by atoms with Crippen molar-refractivity contribution in [3.8, 4) is 17.2 Å². The maximum absolute atomic E-state index is 13.1. The average molecular weight is 561 g/mol. The molecule has 216 valence electrons. The maximum atomic E-state index is 13.1. The second kappa shape index (κ2) is 11.4. The summed E-state index contributed by atoms with van der Waals surface area (Å²) in [5.41, 5.74) is 3.15. The van der Waals surface area contributed by atoms with E-state index in [1.807, 2.05) is 36.2 Å². The van der Waals surface area contributed by atoms with E-state index in [0.717, 1.165) is 75.2 Å². The summed E-state index contributed by atoms with van der Waals surface area (Å²) in [6.07, 6.45) is 4.68. The van der Waals surface area contributed by atoms with Crippen LogP contribution in [-0.2, 0) is 0 Å². The first-order chi connectivity index (χ1) is 20.0. The van der Waals surface area contributed by atoms with Crippen LogP contribution in [0.3, 0.4) is 0 Å². The molecule has 6 rings (SSSR count). The van der Waals surface area contributed by atoms with E-state index in [2.05, 4.69) is 14.8 Å². The van der Waals surface area contributed by atoms with E-state index >= 15 is 0 Å². The van der Waals surface area contributed by atoms with Crippen LogP contribution in [0.2, 0.25) is 0 Å². The minimum atomic E-state index is -0.355. The molecule has 0 radical (unpaired) electrons. The van der Waals surface area contributed by atoms with Gasteiger partial charge in [0.15, 0.2) is 11.5 Å². The number of ether oxygens (including phenoxy) is 3. The molecule has 10 heteroatoms. The zero-order chi connectivity index (χ0) is 28.5. The Balaban J connectivity index is 1.05. The van der Waals surface area contributed by atoms with Crippen LogP contribution in [0.15, 0.2) is 44.5 Å². The molecular weight excluding hydrogens is 524 g/mol. The lowest BCUT2D eigenvalue weighted by molar-refractivity contribution is 0.0774. The summed E-state index contributed by atoms with van der Waals surface area (Å²) in [7, 11) is 3.21. The van der Waals surface area contributed by atoms with Crippen molar-refractivity contribution in [2.75, 3.05) is 65.0 Å². The zero-order valence-electron chi connectivity index (χ0n) is 23.9. The number of hydrogen-bond acceptors (Lipinski definition) is 9. The van der Waals surface area contributed by atoms with Crippen molar-refractivity contribution in [2.24, 2.45) is 4.99 Å². The molecule has 1 aromatic heterocycles. The third-order valence-corrected chi connectivity index (χ3v) is 8.36. The average Bonchev–Trinajstić information content (AvgIpc) is 3.42. The summed E-state index contributed by atoms with van der Waals surface area (Å²) in [6, 6.07) is 9.12. The second-order valence-corrected chi connectivity index (χ2v) is 10.8. The summed E-state index contributed by atoms with van der Waals surface area (Å²) in [6.45, 7) is 7.47. The monoisotopic (exact) mass is 560 g/mol. The van der Waals surface area contributed by atoms with E-state index in [-0.39, 0.29) is 17.6 Å². The summed E-state index contributed by atoms with van der Waals surface area (Å²) < 4.78 is 22.6. The molecule has 0 saturated carbocycles. The number of rotatable bonds is 8. The predicted molar refractivity (Wildman–Crippen MR) is 158 cm³/mol. The van der Waals surface area contributed by atoms with E-state index in [1.54, 1.807) is 26.4 Å². The Morgan fingerprint density at radius 1 is 0.976 bits per heavy atom. The molecule has 0 spiro atoms. The molecular formula is C31H36N4O6. The second-order valence-electron chi connectivity index (χ2n) is 10.8. The van der Waals surface area contributed by atoms with E-state index < -0.39 is 0 Å². The molecule has 0 aliphatic carbocycles. The van der Waals surface area contributed by atoms with Crippen LogP contribution in [0.25, 0.3) is 11.0 Å². The predicted octanol–water partition coefficient (Wildman–Crippen LogP) is 4.03. The van der Waals surface area contributed by atoms with Gasteiger partial charge in [-0.1, -0.05) is 0 Å². The molecule has 2 aromatic carbocycles. The standard InChI is InChI=1S/C31H36N4O6/c1-20-26(38-2)8-7-22-25(18-29(36)41-30(20)22)34-13-11-33(12-14-34)9-5-15-40-28-17-24-23(16-27(28)39-3)31(37)35-10-4-6-21(35)19-32-24/h7-8,16-19,21H,4-6,9-15H2,1-3H3/t21-/m0/s1. The number of aliphatic imine (C=N–C) groups is 1. The third-order valence-electron chi connectivity index (χ3n) is 8.36. The minimum Gasteiger partial charge on any atom is -0.496 e. The SMILES string of the molecule is COc1cc2c(cc1OCCCN1CCN(c3cc(=O)oc4c(C)c(OC)ccc34)CC1)N=C[C@@H]1CCCN1C2=O. The van der Waals surface area contributed by atoms with Gasteiger partial charge in [-0.2, -0.15) is 0 Å². The van der Waals surface area contributed by atoms with Crippen LogP contribution in [-0.4, -0.2) is 88.1 Å². The van der Waals surface area contributed by atoms with Crippen LogP contribution >= 0.6 is 0 Å². The Bertz CT molecular complexity index is 1540. The van der Waals surface area contributed by atoms with Crippen molar-refractivity contribution in [3.63, 3.8) is 0 Å². The van der Waals surface area contributed by atoms with Crippen molar-refractivity contribution >= 4 is 34.5 Å². The van der Waals surface area contributed by atoms with Gasteiger partial charge in [-0.3, -0.25) is 14.7 Å². The highest BCUT2D eigenvalue weighted by Crippen LogP contribution is 2.38. The van der Waals surface area contributed by atoms with Gasteiger partial charge in [0.1, 0.15) is 11.3 Å². The van der Waals surface area contributed by atoms with Gasteiger partial charge in [0, 0.05) is 68.6 Å². The first-order valence-electron chi connectivity index (χ1n) is 14.3. The lowest BCUT2D eigenvalue weighted by Crippen LogP contribution is -2.47. The number of carbonyl (C=O) groups excluding carboxylic acids is 1. The van der Waals surface area contributed by atoms with Gasteiger partial charge in [-0.05, 0) is 44.4 Å². The van der Waals surface area contributed by atoms with E-state index in [1.165, 1.54) is 0 Å². The quantitative estimate of drug-likeness (QED) is 0.301. The first-order valence-corrected chi connectivity index (χ1v) is 14.3. The summed E-state index contributed by atoms with van der Waals surface area (Å²) in [5, 5.41) is 0.922. The Morgan fingerprint density at radius 2 is 1.78 bits per heavy atom. The zero-order valence-corrected chi connectivity index (χ0v) is 23.9. The van der Waals surface area contributed by atoms with Gasteiger partial charge in [-0.25, -0.2) is 4.79 Å². The minimum absolute atomic E-state index is 0.00298. The molecule has 3 aliphatic rings. The highest BCUT2D eigenvalue weighted by atomic mass is 16.5. The highest BCUT2D eigenvalue weighted by molar-refractivity contribution is 6.03. The molecule has 0 N–H and O–H groups in total. The summed E-state index contributed by atoms with van der Waals surface area (Å²) in [5.74, 6) is 1.86. The highest BCUT2D eigenvalue weighted by Gasteiger charge is 2.32. The molecule has 3 aliphatic heterocycles. The Kier molecular flexibility index (Phi) is 7.57.